The third kappa shape index (κ3) is 2.15. The summed E-state index contributed by atoms with van der Waals surface area (Å²) >= 11 is 0. The van der Waals surface area contributed by atoms with Gasteiger partial charge in [-0.05, 0) is 30.7 Å². The second kappa shape index (κ2) is 4.45. The monoisotopic (exact) mass is 235 g/mol. The second-order valence-electron chi connectivity index (χ2n) is 4.25. The number of benzene rings is 2. The molecule has 1 aromatic heterocycles. The zero-order chi connectivity index (χ0) is 12.4. The van der Waals surface area contributed by atoms with Crippen LogP contribution in [0.15, 0.2) is 54.7 Å². The maximum absolute atomic E-state index is 4.51. The van der Waals surface area contributed by atoms with E-state index in [1.165, 1.54) is 5.56 Å². The van der Waals surface area contributed by atoms with E-state index >= 15 is 0 Å². The molecule has 0 atom stereocenters. The first-order valence-electron chi connectivity index (χ1n) is 5.87. The number of rotatable bonds is 2. The van der Waals surface area contributed by atoms with Gasteiger partial charge in [-0.15, -0.1) is 0 Å². The predicted octanol–water partition coefficient (Wildman–Crippen LogP) is 3.68. The molecule has 0 aliphatic rings. The standard InChI is InChI=1S/C15H13N3/c1-11-7-8-12-10-16-15(18-14(12)9-11)17-13-5-3-2-4-6-13/h2-10H,1H3,(H,16,17,18). The van der Waals surface area contributed by atoms with Gasteiger partial charge in [0, 0.05) is 17.3 Å². The third-order valence-electron chi connectivity index (χ3n) is 2.77. The van der Waals surface area contributed by atoms with Crippen LogP contribution in [-0.4, -0.2) is 9.97 Å². The molecule has 1 heterocycles. The molecule has 0 saturated carbocycles. The Kier molecular flexibility index (Phi) is 2.65. The molecule has 3 heteroatoms. The van der Waals surface area contributed by atoms with E-state index < -0.39 is 0 Å². The summed E-state index contributed by atoms with van der Waals surface area (Å²) < 4.78 is 0. The van der Waals surface area contributed by atoms with Crippen molar-refractivity contribution in [1.82, 2.24) is 9.97 Å². The van der Waals surface area contributed by atoms with E-state index in [9.17, 15) is 0 Å². The number of hydrogen-bond donors (Lipinski definition) is 1. The highest BCUT2D eigenvalue weighted by atomic mass is 15.1. The van der Waals surface area contributed by atoms with Crippen molar-refractivity contribution < 1.29 is 0 Å². The van der Waals surface area contributed by atoms with Crippen LogP contribution in [0.3, 0.4) is 0 Å². The lowest BCUT2D eigenvalue weighted by Crippen LogP contribution is -1.96. The average molecular weight is 235 g/mol. The van der Waals surface area contributed by atoms with Crippen molar-refractivity contribution in [2.75, 3.05) is 5.32 Å². The van der Waals surface area contributed by atoms with E-state index in [1.807, 2.05) is 42.6 Å². The number of hydrogen-bond acceptors (Lipinski definition) is 3. The zero-order valence-corrected chi connectivity index (χ0v) is 10.1. The largest absolute Gasteiger partial charge is 0.324 e. The summed E-state index contributed by atoms with van der Waals surface area (Å²) in [6, 6.07) is 16.1. The zero-order valence-electron chi connectivity index (χ0n) is 10.1. The SMILES string of the molecule is Cc1ccc2cnc(Nc3ccccc3)nc2c1. The van der Waals surface area contributed by atoms with Gasteiger partial charge in [0.2, 0.25) is 5.95 Å². The molecular weight excluding hydrogens is 222 g/mol. The number of aromatic nitrogens is 2. The van der Waals surface area contributed by atoms with Crippen molar-refractivity contribution in [3.63, 3.8) is 0 Å². The van der Waals surface area contributed by atoms with Crippen LogP contribution in [0.1, 0.15) is 5.56 Å². The molecule has 3 aromatic rings. The Hall–Kier alpha value is -2.42. The molecule has 0 saturated heterocycles. The number of nitrogens with one attached hydrogen (secondary N) is 1. The normalized spacial score (nSPS) is 10.5. The van der Waals surface area contributed by atoms with Crippen molar-refractivity contribution in [3.8, 4) is 0 Å². The van der Waals surface area contributed by atoms with Gasteiger partial charge >= 0.3 is 0 Å². The van der Waals surface area contributed by atoms with Gasteiger partial charge in [-0.2, -0.15) is 0 Å². The molecule has 2 aromatic carbocycles. The molecule has 3 rings (SSSR count). The summed E-state index contributed by atoms with van der Waals surface area (Å²) in [5.74, 6) is 0.624. The lowest BCUT2D eigenvalue weighted by Gasteiger charge is -2.05. The predicted molar refractivity (Wildman–Crippen MR) is 74.0 cm³/mol. The van der Waals surface area contributed by atoms with Crippen LogP contribution in [0.25, 0.3) is 10.9 Å². The van der Waals surface area contributed by atoms with E-state index in [0.717, 1.165) is 16.6 Å². The van der Waals surface area contributed by atoms with Crippen LogP contribution >= 0.6 is 0 Å². The fraction of sp³-hybridized carbons (Fsp3) is 0.0667. The summed E-state index contributed by atoms with van der Waals surface area (Å²) in [6.07, 6.45) is 1.84. The minimum absolute atomic E-state index is 0.624. The highest BCUT2D eigenvalue weighted by Gasteiger charge is 2.00. The average Bonchev–Trinajstić information content (AvgIpc) is 2.39. The second-order valence-corrected chi connectivity index (χ2v) is 4.25. The molecular formula is C15H13N3. The molecule has 1 N–H and O–H groups in total. The smallest absolute Gasteiger partial charge is 0.227 e. The van der Waals surface area contributed by atoms with Gasteiger partial charge in [-0.25, -0.2) is 9.97 Å². The van der Waals surface area contributed by atoms with Crippen LogP contribution in [0.4, 0.5) is 11.6 Å². The fourth-order valence-corrected chi connectivity index (χ4v) is 1.84. The van der Waals surface area contributed by atoms with Crippen molar-refractivity contribution >= 4 is 22.5 Å². The van der Waals surface area contributed by atoms with Crippen molar-refractivity contribution in [3.05, 3.63) is 60.3 Å². The summed E-state index contributed by atoms with van der Waals surface area (Å²) in [7, 11) is 0. The molecule has 0 radical (unpaired) electrons. The summed E-state index contributed by atoms with van der Waals surface area (Å²) in [6.45, 7) is 2.06. The van der Waals surface area contributed by atoms with Crippen LogP contribution in [0.2, 0.25) is 0 Å². The Bertz CT molecular complexity index is 678. The molecule has 0 aliphatic heterocycles. The van der Waals surface area contributed by atoms with E-state index in [0.29, 0.717) is 5.95 Å². The first kappa shape index (κ1) is 10.7. The molecule has 3 nitrogen and oxygen atoms in total. The van der Waals surface area contributed by atoms with E-state index in [1.54, 1.807) is 0 Å². The molecule has 0 bridgehead atoms. The van der Waals surface area contributed by atoms with Gasteiger partial charge < -0.3 is 5.32 Å². The first-order valence-corrected chi connectivity index (χ1v) is 5.87. The van der Waals surface area contributed by atoms with E-state index in [2.05, 4.69) is 34.3 Å². The number of aryl methyl sites for hydroxylation is 1. The molecule has 18 heavy (non-hydrogen) atoms. The van der Waals surface area contributed by atoms with Gasteiger partial charge in [0.25, 0.3) is 0 Å². The van der Waals surface area contributed by atoms with Crippen LogP contribution < -0.4 is 5.32 Å². The number of fused-ring (bicyclic) bond motifs is 1. The number of para-hydroxylation sites is 1. The van der Waals surface area contributed by atoms with Gasteiger partial charge in [0.15, 0.2) is 0 Å². The van der Waals surface area contributed by atoms with E-state index in [-0.39, 0.29) is 0 Å². The minimum Gasteiger partial charge on any atom is -0.324 e. The highest BCUT2D eigenvalue weighted by molar-refractivity contribution is 5.79. The van der Waals surface area contributed by atoms with Gasteiger partial charge in [0.1, 0.15) is 0 Å². The maximum Gasteiger partial charge on any atom is 0.227 e. The molecule has 0 amide bonds. The highest BCUT2D eigenvalue weighted by Crippen LogP contribution is 2.17. The summed E-state index contributed by atoms with van der Waals surface area (Å²) in [5.41, 5.74) is 3.15. The fourth-order valence-electron chi connectivity index (χ4n) is 1.84. The summed E-state index contributed by atoms with van der Waals surface area (Å²) in [5, 5.41) is 4.25. The van der Waals surface area contributed by atoms with Gasteiger partial charge in [-0.1, -0.05) is 30.3 Å². The quantitative estimate of drug-likeness (QED) is 0.736. The Balaban J connectivity index is 1.98. The Morgan fingerprint density at radius 2 is 1.83 bits per heavy atom. The van der Waals surface area contributed by atoms with Gasteiger partial charge in [0.05, 0.1) is 5.52 Å². The molecule has 0 spiro atoms. The first-order chi connectivity index (χ1) is 8.81. The van der Waals surface area contributed by atoms with Crippen LogP contribution in [0.5, 0.6) is 0 Å². The topological polar surface area (TPSA) is 37.8 Å². The number of anilines is 2. The molecule has 0 aliphatic carbocycles. The Morgan fingerprint density at radius 3 is 2.67 bits per heavy atom. The summed E-state index contributed by atoms with van der Waals surface area (Å²) in [4.78, 5) is 8.82. The van der Waals surface area contributed by atoms with E-state index in [4.69, 9.17) is 0 Å². The van der Waals surface area contributed by atoms with Crippen molar-refractivity contribution in [2.45, 2.75) is 6.92 Å². The molecule has 0 unspecified atom stereocenters. The lowest BCUT2D eigenvalue weighted by molar-refractivity contribution is 1.21. The van der Waals surface area contributed by atoms with Crippen LogP contribution in [0, 0.1) is 6.92 Å². The molecule has 0 fully saturated rings. The van der Waals surface area contributed by atoms with Crippen molar-refractivity contribution in [1.29, 1.82) is 0 Å². The maximum atomic E-state index is 4.51. The third-order valence-corrected chi connectivity index (χ3v) is 2.77. The number of nitrogens with zero attached hydrogens (tertiary/aromatic N) is 2. The van der Waals surface area contributed by atoms with Crippen molar-refractivity contribution in [2.24, 2.45) is 0 Å². The minimum atomic E-state index is 0.624. The Labute approximate surface area is 106 Å². The van der Waals surface area contributed by atoms with Gasteiger partial charge in [-0.3, -0.25) is 0 Å². The Morgan fingerprint density at radius 1 is 1.00 bits per heavy atom. The van der Waals surface area contributed by atoms with Crippen LogP contribution in [-0.2, 0) is 0 Å². The lowest BCUT2D eigenvalue weighted by atomic mass is 10.2. The molecule has 88 valence electrons.